The molecule has 0 aliphatic heterocycles. The van der Waals surface area contributed by atoms with E-state index in [1.165, 1.54) is 0 Å². The number of rotatable bonds is 4. The summed E-state index contributed by atoms with van der Waals surface area (Å²) in [5.41, 5.74) is 1.59. The number of hydrogen-bond donors (Lipinski definition) is 1. The Kier molecular flexibility index (Phi) is 4.31. The minimum absolute atomic E-state index is 0.107. The summed E-state index contributed by atoms with van der Waals surface area (Å²) >= 11 is 3.42. The Morgan fingerprint density at radius 2 is 2.26 bits per heavy atom. The molecule has 0 aliphatic rings. The highest BCUT2D eigenvalue weighted by Crippen LogP contribution is 2.19. The molecule has 0 radical (unpaired) electrons. The number of carbonyl (C=O) groups is 1. The van der Waals surface area contributed by atoms with Crippen LogP contribution < -0.4 is 5.32 Å². The van der Waals surface area contributed by atoms with Gasteiger partial charge in [-0.1, -0.05) is 22.0 Å². The molecule has 1 N–H and O–H groups in total. The fourth-order valence-corrected chi connectivity index (χ4v) is 2.15. The predicted molar refractivity (Wildman–Crippen MR) is 75.7 cm³/mol. The highest BCUT2D eigenvalue weighted by Gasteiger charge is 2.11. The second-order valence-electron chi connectivity index (χ2n) is 4.13. The maximum Gasteiger partial charge on any atom is 0.251 e. The summed E-state index contributed by atoms with van der Waals surface area (Å²) in [4.78, 5) is 12.1. The highest BCUT2D eigenvalue weighted by molar-refractivity contribution is 9.10. The minimum atomic E-state index is -0.107. The largest absolute Gasteiger partial charge is 0.345 e. The van der Waals surface area contributed by atoms with Gasteiger partial charge in [0.1, 0.15) is 6.33 Å². The van der Waals surface area contributed by atoms with Gasteiger partial charge in [0.25, 0.3) is 5.91 Å². The van der Waals surface area contributed by atoms with E-state index in [1.807, 2.05) is 30.5 Å². The standard InChI is InChI=1S/C13H15BrN4O/c1-3-18-8-16-17-12(18)7-15-13(19)10-5-4-6-11(14)9(10)2/h4-6,8H,3,7H2,1-2H3,(H,15,19). The summed E-state index contributed by atoms with van der Waals surface area (Å²) in [6.07, 6.45) is 1.66. The van der Waals surface area contributed by atoms with E-state index in [-0.39, 0.29) is 5.91 Å². The topological polar surface area (TPSA) is 59.8 Å². The van der Waals surface area contributed by atoms with Crippen LogP contribution in [0.4, 0.5) is 0 Å². The number of nitrogens with one attached hydrogen (secondary N) is 1. The van der Waals surface area contributed by atoms with E-state index in [1.54, 1.807) is 12.4 Å². The lowest BCUT2D eigenvalue weighted by Gasteiger charge is -2.09. The van der Waals surface area contributed by atoms with Crippen molar-refractivity contribution in [1.29, 1.82) is 0 Å². The van der Waals surface area contributed by atoms with Crippen LogP contribution in [0.1, 0.15) is 28.7 Å². The lowest BCUT2D eigenvalue weighted by Crippen LogP contribution is -2.25. The first kappa shape index (κ1) is 13.7. The summed E-state index contributed by atoms with van der Waals surface area (Å²) in [6, 6.07) is 5.57. The van der Waals surface area contributed by atoms with Gasteiger partial charge in [-0.15, -0.1) is 10.2 Å². The van der Waals surface area contributed by atoms with E-state index >= 15 is 0 Å². The maximum absolute atomic E-state index is 12.1. The quantitative estimate of drug-likeness (QED) is 0.939. The van der Waals surface area contributed by atoms with Gasteiger partial charge in [-0.05, 0) is 31.5 Å². The number of halogens is 1. The molecule has 1 aromatic carbocycles. The molecule has 0 saturated carbocycles. The van der Waals surface area contributed by atoms with Crippen LogP contribution in [0, 0.1) is 6.92 Å². The van der Waals surface area contributed by atoms with Gasteiger partial charge in [0.05, 0.1) is 6.54 Å². The van der Waals surface area contributed by atoms with Crippen molar-refractivity contribution in [3.63, 3.8) is 0 Å². The molecule has 2 rings (SSSR count). The van der Waals surface area contributed by atoms with Crippen LogP contribution in [-0.2, 0) is 13.1 Å². The summed E-state index contributed by atoms with van der Waals surface area (Å²) in [6.45, 7) is 5.08. The molecule has 0 fully saturated rings. The Labute approximate surface area is 120 Å². The van der Waals surface area contributed by atoms with Gasteiger partial charge in [-0.2, -0.15) is 0 Å². The third-order valence-electron chi connectivity index (χ3n) is 2.96. The van der Waals surface area contributed by atoms with Gasteiger partial charge in [-0.25, -0.2) is 0 Å². The number of hydrogen-bond acceptors (Lipinski definition) is 3. The van der Waals surface area contributed by atoms with Crippen LogP contribution in [0.5, 0.6) is 0 Å². The van der Waals surface area contributed by atoms with Crippen LogP contribution >= 0.6 is 15.9 Å². The molecule has 19 heavy (non-hydrogen) atoms. The number of aryl methyl sites for hydroxylation is 1. The molecular weight excluding hydrogens is 308 g/mol. The van der Waals surface area contributed by atoms with Crippen molar-refractivity contribution in [3.8, 4) is 0 Å². The molecule has 0 saturated heterocycles. The number of carbonyl (C=O) groups excluding carboxylic acids is 1. The number of amides is 1. The van der Waals surface area contributed by atoms with Gasteiger partial charge in [0.15, 0.2) is 5.82 Å². The molecule has 6 heteroatoms. The second-order valence-corrected chi connectivity index (χ2v) is 4.98. The first-order chi connectivity index (χ1) is 9.13. The number of aromatic nitrogens is 3. The van der Waals surface area contributed by atoms with E-state index in [0.717, 1.165) is 22.4 Å². The van der Waals surface area contributed by atoms with Gasteiger partial charge in [-0.3, -0.25) is 4.79 Å². The first-order valence-electron chi connectivity index (χ1n) is 6.03. The van der Waals surface area contributed by atoms with E-state index in [9.17, 15) is 4.79 Å². The van der Waals surface area contributed by atoms with Crippen molar-refractivity contribution < 1.29 is 4.79 Å². The van der Waals surface area contributed by atoms with E-state index < -0.39 is 0 Å². The zero-order valence-corrected chi connectivity index (χ0v) is 12.4. The molecule has 1 aromatic heterocycles. The number of nitrogens with zero attached hydrogens (tertiary/aromatic N) is 3. The third-order valence-corrected chi connectivity index (χ3v) is 3.81. The monoisotopic (exact) mass is 322 g/mol. The van der Waals surface area contributed by atoms with Crippen molar-refractivity contribution in [3.05, 3.63) is 46.0 Å². The van der Waals surface area contributed by atoms with Crippen LogP contribution in [0.15, 0.2) is 29.0 Å². The molecule has 2 aromatic rings. The smallest absolute Gasteiger partial charge is 0.251 e. The fraction of sp³-hybridized carbons (Fsp3) is 0.308. The fourth-order valence-electron chi connectivity index (χ4n) is 1.79. The summed E-state index contributed by atoms with van der Waals surface area (Å²) in [7, 11) is 0. The van der Waals surface area contributed by atoms with Gasteiger partial charge in [0, 0.05) is 16.6 Å². The molecule has 5 nitrogen and oxygen atoms in total. The zero-order valence-electron chi connectivity index (χ0n) is 10.9. The lowest BCUT2D eigenvalue weighted by atomic mass is 10.1. The molecule has 0 bridgehead atoms. The van der Waals surface area contributed by atoms with Crippen molar-refractivity contribution >= 4 is 21.8 Å². The van der Waals surface area contributed by atoms with Crippen molar-refractivity contribution in [1.82, 2.24) is 20.1 Å². The van der Waals surface area contributed by atoms with Gasteiger partial charge < -0.3 is 9.88 Å². The SMILES string of the molecule is CCn1cnnc1CNC(=O)c1cccc(Br)c1C. The van der Waals surface area contributed by atoms with Gasteiger partial charge in [0.2, 0.25) is 0 Å². The summed E-state index contributed by atoms with van der Waals surface area (Å²) in [5, 5.41) is 10.7. The predicted octanol–water partition coefficient (Wildman–Crippen LogP) is 2.30. The number of benzene rings is 1. The third kappa shape index (κ3) is 3.01. The summed E-state index contributed by atoms with van der Waals surface area (Å²) in [5.74, 6) is 0.646. The second kappa shape index (κ2) is 5.97. The first-order valence-corrected chi connectivity index (χ1v) is 6.82. The van der Waals surface area contributed by atoms with E-state index in [4.69, 9.17) is 0 Å². The molecule has 100 valence electrons. The van der Waals surface area contributed by atoms with Gasteiger partial charge >= 0.3 is 0 Å². The van der Waals surface area contributed by atoms with E-state index in [2.05, 4.69) is 31.4 Å². The minimum Gasteiger partial charge on any atom is -0.345 e. The van der Waals surface area contributed by atoms with Crippen LogP contribution in [0.2, 0.25) is 0 Å². The molecule has 1 heterocycles. The zero-order chi connectivity index (χ0) is 13.8. The Bertz CT molecular complexity index is 594. The normalized spacial score (nSPS) is 10.5. The molecule has 0 atom stereocenters. The van der Waals surface area contributed by atoms with Crippen molar-refractivity contribution in [2.75, 3.05) is 0 Å². The van der Waals surface area contributed by atoms with E-state index in [0.29, 0.717) is 12.1 Å². The average molecular weight is 323 g/mol. The average Bonchev–Trinajstić information content (AvgIpc) is 2.86. The maximum atomic E-state index is 12.1. The summed E-state index contributed by atoms with van der Waals surface area (Å²) < 4.78 is 2.82. The highest BCUT2D eigenvalue weighted by atomic mass is 79.9. The van der Waals surface area contributed by atoms with Crippen LogP contribution in [0.25, 0.3) is 0 Å². The molecule has 0 aliphatic carbocycles. The van der Waals surface area contributed by atoms with Crippen molar-refractivity contribution in [2.45, 2.75) is 26.9 Å². The molecule has 1 amide bonds. The van der Waals surface area contributed by atoms with Crippen molar-refractivity contribution in [2.24, 2.45) is 0 Å². The lowest BCUT2D eigenvalue weighted by molar-refractivity contribution is 0.0949. The molecule has 0 unspecified atom stereocenters. The van der Waals surface area contributed by atoms with Crippen LogP contribution in [-0.4, -0.2) is 20.7 Å². The van der Waals surface area contributed by atoms with Crippen LogP contribution in [0.3, 0.4) is 0 Å². The Hall–Kier alpha value is -1.69. The Balaban J connectivity index is 2.08. The Morgan fingerprint density at radius 3 is 3.00 bits per heavy atom. The Morgan fingerprint density at radius 1 is 1.47 bits per heavy atom. The molecular formula is C13H15BrN4O. The molecule has 0 spiro atoms.